The molecule has 0 aliphatic heterocycles. The first-order valence-corrected chi connectivity index (χ1v) is 9.07. The summed E-state index contributed by atoms with van der Waals surface area (Å²) in [6.45, 7) is 2.38. The number of thioether (sulfide) groups is 1. The topological polar surface area (TPSA) is 59.8 Å². The van der Waals surface area contributed by atoms with Crippen LogP contribution in [0.25, 0.3) is 11.4 Å². The number of carbonyl (C=O) groups is 1. The predicted molar refractivity (Wildman–Crippen MR) is 100 cm³/mol. The van der Waals surface area contributed by atoms with Crippen LogP contribution in [0.4, 0.5) is 4.39 Å². The van der Waals surface area contributed by atoms with Crippen molar-refractivity contribution in [3.05, 3.63) is 66.0 Å². The second-order valence-electron chi connectivity index (χ2n) is 5.76. The monoisotopic (exact) mass is 370 g/mol. The van der Waals surface area contributed by atoms with Crippen molar-refractivity contribution in [3.8, 4) is 11.4 Å². The van der Waals surface area contributed by atoms with E-state index in [1.807, 2.05) is 41.8 Å². The predicted octanol–water partition coefficient (Wildman–Crippen LogP) is 3.36. The van der Waals surface area contributed by atoms with Crippen molar-refractivity contribution in [1.82, 2.24) is 20.1 Å². The Morgan fingerprint density at radius 2 is 1.85 bits per heavy atom. The average Bonchev–Trinajstić information content (AvgIpc) is 3.04. The van der Waals surface area contributed by atoms with Crippen LogP contribution >= 0.6 is 11.8 Å². The first kappa shape index (κ1) is 18.1. The number of aromatic nitrogens is 3. The van der Waals surface area contributed by atoms with E-state index in [1.54, 1.807) is 19.2 Å². The van der Waals surface area contributed by atoms with Gasteiger partial charge in [-0.15, -0.1) is 10.2 Å². The highest BCUT2D eigenvalue weighted by Gasteiger charge is 2.20. The van der Waals surface area contributed by atoms with Crippen LogP contribution < -0.4 is 5.32 Å². The number of halogens is 1. The molecule has 0 saturated heterocycles. The Bertz CT molecular complexity index is 880. The number of nitrogens with zero attached hydrogens (tertiary/aromatic N) is 3. The smallest absolute Gasteiger partial charge is 0.233 e. The third kappa shape index (κ3) is 4.11. The van der Waals surface area contributed by atoms with Crippen LogP contribution in [0.2, 0.25) is 0 Å². The molecule has 2 aromatic carbocycles. The van der Waals surface area contributed by atoms with Crippen molar-refractivity contribution in [2.24, 2.45) is 0 Å². The van der Waals surface area contributed by atoms with E-state index >= 15 is 0 Å². The number of amides is 1. The average molecular weight is 370 g/mol. The van der Waals surface area contributed by atoms with Gasteiger partial charge in [-0.1, -0.05) is 42.1 Å². The lowest BCUT2D eigenvalue weighted by atomic mass is 10.2. The van der Waals surface area contributed by atoms with E-state index in [0.29, 0.717) is 17.5 Å². The molecule has 0 bridgehead atoms. The molecule has 1 atom stereocenters. The Balaban J connectivity index is 1.98. The molecule has 1 heterocycles. The van der Waals surface area contributed by atoms with Gasteiger partial charge >= 0.3 is 0 Å². The van der Waals surface area contributed by atoms with E-state index < -0.39 is 0 Å². The van der Waals surface area contributed by atoms with E-state index in [0.717, 1.165) is 11.1 Å². The third-order valence-corrected chi connectivity index (χ3v) is 4.98. The highest BCUT2D eigenvalue weighted by atomic mass is 32.2. The maximum atomic E-state index is 13.3. The molecule has 0 aliphatic carbocycles. The van der Waals surface area contributed by atoms with Crippen LogP contribution in [0.5, 0.6) is 0 Å². The lowest BCUT2D eigenvalue weighted by Crippen LogP contribution is -2.27. The van der Waals surface area contributed by atoms with Crippen LogP contribution in [-0.2, 0) is 11.3 Å². The summed E-state index contributed by atoms with van der Waals surface area (Å²) in [5, 5.41) is 11.5. The molecule has 0 radical (unpaired) electrons. The largest absolute Gasteiger partial charge is 0.358 e. The van der Waals surface area contributed by atoms with E-state index in [4.69, 9.17) is 0 Å². The Labute approximate surface area is 155 Å². The molecule has 0 saturated carbocycles. The Hall–Kier alpha value is -2.67. The molecule has 1 amide bonds. The highest BCUT2D eigenvalue weighted by molar-refractivity contribution is 8.00. The van der Waals surface area contributed by atoms with Gasteiger partial charge in [-0.2, -0.15) is 0 Å². The normalized spacial score (nSPS) is 12.0. The molecule has 3 aromatic rings. The van der Waals surface area contributed by atoms with Crippen LogP contribution in [0, 0.1) is 5.82 Å². The zero-order valence-electron chi connectivity index (χ0n) is 14.5. The summed E-state index contributed by atoms with van der Waals surface area (Å²) in [6.07, 6.45) is 0. The third-order valence-electron chi connectivity index (χ3n) is 3.90. The van der Waals surface area contributed by atoms with Gasteiger partial charge in [0.15, 0.2) is 11.0 Å². The van der Waals surface area contributed by atoms with Gasteiger partial charge in [-0.25, -0.2) is 4.39 Å². The van der Waals surface area contributed by atoms with Crippen molar-refractivity contribution in [2.45, 2.75) is 23.9 Å². The molecule has 1 unspecified atom stereocenters. The highest BCUT2D eigenvalue weighted by Crippen LogP contribution is 2.28. The van der Waals surface area contributed by atoms with Gasteiger partial charge < -0.3 is 5.32 Å². The van der Waals surface area contributed by atoms with E-state index in [1.165, 1.54) is 23.9 Å². The minimum absolute atomic E-state index is 0.0763. The minimum atomic E-state index is -0.306. The fraction of sp³-hybridized carbons (Fsp3) is 0.211. The molecule has 26 heavy (non-hydrogen) atoms. The van der Waals surface area contributed by atoms with Crippen LogP contribution in [0.1, 0.15) is 12.5 Å². The first-order valence-electron chi connectivity index (χ1n) is 8.20. The molecule has 0 aliphatic rings. The SMILES string of the molecule is CNC(=O)C(C)Sc1nnc(-c2ccc(F)cc2)n1Cc1ccccc1. The van der Waals surface area contributed by atoms with Crippen molar-refractivity contribution in [3.63, 3.8) is 0 Å². The summed E-state index contributed by atoms with van der Waals surface area (Å²) < 4.78 is 15.2. The number of carbonyl (C=O) groups excluding carboxylic acids is 1. The Morgan fingerprint density at radius 3 is 2.50 bits per heavy atom. The van der Waals surface area contributed by atoms with Gasteiger partial charge in [0.25, 0.3) is 0 Å². The number of benzene rings is 2. The number of nitrogens with one attached hydrogen (secondary N) is 1. The van der Waals surface area contributed by atoms with Crippen molar-refractivity contribution < 1.29 is 9.18 Å². The molecular weight excluding hydrogens is 351 g/mol. The van der Waals surface area contributed by atoms with Crippen molar-refractivity contribution >= 4 is 17.7 Å². The van der Waals surface area contributed by atoms with E-state index in [-0.39, 0.29) is 17.0 Å². The van der Waals surface area contributed by atoms with Crippen molar-refractivity contribution in [2.75, 3.05) is 7.05 Å². The van der Waals surface area contributed by atoms with Gasteiger partial charge in [0.05, 0.1) is 11.8 Å². The molecular formula is C19H19FN4OS. The standard InChI is InChI=1S/C19H19FN4OS/c1-13(18(25)21-2)26-19-23-22-17(15-8-10-16(20)11-9-15)24(19)12-14-6-4-3-5-7-14/h3-11,13H,12H2,1-2H3,(H,21,25). The van der Waals surface area contributed by atoms with E-state index in [9.17, 15) is 9.18 Å². The second kappa shape index (κ2) is 8.14. The maximum Gasteiger partial charge on any atom is 0.233 e. The summed E-state index contributed by atoms with van der Waals surface area (Å²) in [7, 11) is 1.61. The summed E-state index contributed by atoms with van der Waals surface area (Å²) in [6, 6.07) is 16.1. The second-order valence-corrected chi connectivity index (χ2v) is 7.07. The minimum Gasteiger partial charge on any atom is -0.358 e. The Morgan fingerprint density at radius 1 is 1.15 bits per heavy atom. The number of rotatable bonds is 6. The van der Waals surface area contributed by atoms with Gasteiger partial charge in [0.1, 0.15) is 5.82 Å². The van der Waals surface area contributed by atoms with E-state index in [2.05, 4.69) is 15.5 Å². The molecule has 0 fully saturated rings. The Kier molecular flexibility index (Phi) is 5.68. The van der Waals surface area contributed by atoms with Crippen molar-refractivity contribution in [1.29, 1.82) is 0 Å². The zero-order valence-corrected chi connectivity index (χ0v) is 15.3. The summed E-state index contributed by atoms with van der Waals surface area (Å²) in [4.78, 5) is 11.9. The maximum absolute atomic E-state index is 13.3. The lowest BCUT2D eigenvalue weighted by molar-refractivity contribution is -0.119. The molecule has 0 spiro atoms. The van der Waals surface area contributed by atoms with Crippen LogP contribution in [-0.4, -0.2) is 33.0 Å². The fourth-order valence-electron chi connectivity index (χ4n) is 2.51. The molecule has 3 rings (SSSR count). The first-order chi connectivity index (χ1) is 12.6. The van der Waals surface area contributed by atoms with Crippen LogP contribution in [0.15, 0.2) is 59.8 Å². The fourth-order valence-corrected chi connectivity index (χ4v) is 3.42. The molecule has 5 nitrogen and oxygen atoms in total. The lowest BCUT2D eigenvalue weighted by Gasteiger charge is -2.13. The van der Waals surface area contributed by atoms with Gasteiger partial charge in [0, 0.05) is 12.6 Å². The summed E-state index contributed by atoms with van der Waals surface area (Å²) in [5.41, 5.74) is 1.86. The molecule has 7 heteroatoms. The van der Waals surface area contributed by atoms with Gasteiger partial charge in [0.2, 0.25) is 5.91 Å². The zero-order chi connectivity index (χ0) is 18.5. The number of hydrogen-bond donors (Lipinski definition) is 1. The van der Waals surface area contributed by atoms with Gasteiger partial charge in [-0.05, 0) is 36.8 Å². The molecule has 1 N–H and O–H groups in total. The molecule has 1 aromatic heterocycles. The molecule has 134 valence electrons. The van der Waals surface area contributed by atoms with Crippen LogP contribution in [0.3, 0.4) is 0 Å². The van der Waals surface area contributed by atoms with Gasteiger partial charge in [-0.3, -0.25) is 9.36 Å². The summed E-state index contributed by atoms with van der Waals surface area (Å²) in [5.74, 6) is 0.263. The quantitative estimate of drug-likeness (QED) is 0.676. The summed E-state index contributed by atoms with van der Waals surface area (Å²) >= 11 is 1.34. The number of hydrogen-bond acceptors (Lipinski definition) is 4.